The van der Waals surface area contributed by atoms with E-state index in [9.17, 15) is 4.79 Å². The van der Waals surface area contributed by atoms with E-state index >= 15 is 0 Å². The van der Waals surface area contributed by atoms with Crippen molar-refractivity contribution in [2.45, 2.75) is 33.1 Å². The summed E-state index contributed by atoms with van der Waals surface area (Å²) in [4.78, 5) is 23.9. The van der Waals surface area contributed by atoms with E-state index in [1.54, 1.807) is 11.3 Å². The zero-order chi connectivity index (χ0) is 13.8. The van der Waals surface area contributed by atoms with E-state index in [0.29, 0.717) is 18.3 Å². The Bertz CT molecular complexity index is 604. The van der Waals surface area contributed by atoms with Gasteiger partial charge in [-0.15, -0.1) is 11.3 Å². The van der Waals surface area contributed by atoms with Crippen molar-refractivity contribution in [1.29, 1.82) is 0 Å². The van der Waals surface area contributed by atoms with Gasteiger partial charge in [-0.3, -0.25) is 4.79 Å². The van der Waals surface area contributed by atoms with Crippen molar-refractivity contribution in [3.8, 4) is 5.88 Å². The molecular formula is C13H17N3O2S. The minimum Gasteiger partial charge on any atom is -0.477 e. The van der Waals surface area contributed by atoms with Crippen molar-refractivity contribution in [2.24, 2.45) is 0 Å². The summed E-state index contributed by atoms with van der Waals surface area (Å²) < 4.78 is 5.55. The lowest BCUT2D eigenvalue weighted by atomic mass is 10.2. The van der Waals surface area contributed by atoms with E-state index in [2.05, 4.69) is 15.0 Å². The van der Waals surface area contributed by atoms with Crippen LogP contribution in [0, 0.1) is 6.92 Å². The largest absolute Gasteiger partial charge is 0.477 e. The molecule has 2 aromatic heterocycles. The Morgan fingerprint density at radius 3 is 2.89 bits per heavy atom. The summed E-state index contributed by atoms with van der Waals surface area (Å²) in [7, 11) is 0. The van der Waals surface area contributed by atoms with Gasteiger partial charge in [0.2, 0.25) is 5.88 Å². The molecule has 0 spiro atoms. The van der Waals surface area contributed by atoms with Gasteiger partial charge in [0.25, 0.3) is 5.56 Å². The molecule has 0 amide bonds. The van der Waals surface area contributed by atoms with Gasteiger partial charge >= 0.3 is 0 Å². The normalized spacial score (nSPS) is 10.9. The van der Waals surface area contributed by atoms with Crippen molar-refractivity contribution < 1.29 is 4.74 Å². The Hall–Kier alpha value is -1.69. The molecule has 0 bridgehead atoms. The fraction of sp³-hybridized carbons (Fsp3) is 0.462. The summed E-state index contributed by atoms with van der Waals surface area (Å²) >= 11 is 1.62. The standard InChI is InChI=1S/C13H17N3O2S/c1-8(2)13-15-11(17)6-12(16-13)18-5-4-10-9(3)14-7-19-10/h6-8H,4-5H2,1-3H3,(H,15,16,17). The van der Waals surface area contributed by atoms with Gasteiger partial charge in [0.1, 0.15) is 5.82 Å². The monoisotopic (exact) mass is 279 g/mol. The van der Waals surface area contributed by atoms with Crippen LogP contribution >= 0.6 is 11.3 Å². The SMILES string of the molecule is Cc1ncsc1CCOc1cc(=O)[nH]c(C(C)C)n1. The number of hydrogen-bond donors (Lipinski definition) is 1. The molecule has 0 fully saturated rings. The molecule has 0 saturated carbocycles. The Morgan fingerprint density at radius 2 is 2.26 bits per heavy atom. The third-order valence-electron chi connectivity index (χ3n) is 2.71. The first-order chi connectivity index (χ1) is 9.06. The Balaban J connectivity index is 2.00. The van der Waals surface area contributed by atoms with Crippen LogP contribution < -0.4 is 10.3 Å². The summed E-state index contributed by atoms with van der Waals surface area (Å²) in [5.74, 6) is 1.20. The molecule has 0 aromatic carbocycles. The van der Waals surface area contributed by atoms with Gasteiger partial charge < -0.3 is 9.72 Å². The predicted octanol–water partition coefficient (Wildman–Crippen LogP) is 2.28. The first-order valence-electron chi connectivity index (χ1n) is 6.19. The molecule has 102 valence electrons. The fourth-order valence-corrected chi connectivity index (χ4v) is 2.38. The van der Waals surface area contributed by atoms with E-state index < -0.39 is 0 Å². The van der Waals surface area contributed by atoms with Crippen LogP contribution in [0.25, 0.3) is 0 Å². The molecule has 2 aromatic rings. The van der Waals surface area contributed by atoms with Gasteiger partial charge in [0.15, 0.2) is 0 Å². The molecule has 2 heterocycles. The number of nitrogens with zero attached hydrogens (tertiary/aromatic N) is 2. The average molecular weight is 279 g/mol. The maximum Gasteiger partial charge on any atom is 0.254 e. The van der Waals surface area contributed by atoms with Gasteiger partial charge in [0, 0.05) is 17.2 Å². The lowest BCUT2D eigenvalue weighted by Crippen LogP contribution is -2.13. The highest BCUT2D eigenvalue weighted by Gasteiger charge is 2.07. The van der Waals surface area contributed by atoms with Crippen molar-refractivity contribution in [2.75, 3.05) is 6.61 Å². The lowest BCUT2D eigenvalue weighted by molar-refractivity contribution is 0.307. The Kier molecular flexibility index (Phi) is 4.31. The molecule has 19 heavy (non-hydrogen) atoms. The van der Waals surface area contributed by atoms with E-state index in [1.807, 2.05) is 26.3 Å². The lowest BCUT2D eigenvalue weighted by Gasteiger charge is -2.08. The molecular weight excluding hydrogens is 262 g/mol. The highest BCUT2D eigenvalue weighted by molar-refractivity contribution is 7.09. The van der Waals surface area contributed by atoms with Crippen LogP contribution in [0.4, 0.5) is 0 Å². The predicted molar refractivity (Wildman–Crippen MR) is 75.0 cm³/mol. The van der Waals surface area contributed by atoms with E-state index in [4.69, 9.17) is 4.74 Å². The number of aryl methyl sites for hydroxylation is 1. The van der Waals surface area contributed by atoms with Crippen LogP contribution in [-0.2, 0) is 6.42 Å². The number of aromatic amines is 1. The zero-order valence-electron chi connectivity index (χ0n) is 11.3. The Morgan fingerprint density at radius 1 is 1.47 bits per heavy atom. The van der Waals surface area contributed by atoms with Crippen LogP contribution in [0.5, 0.6) is 5.88 Å². The maximum atomic E-state index is 11.5. The molecule has 5 nitrogen and oxygen atoms in total. The third-order valence-corrected chi connectivity index (χ3v) is 3.70. The minimum atomic E-state index is -0.178. The molecule has 0 saturated heterocycles. The average Bonchev–Trinajstić information content (AvgIpc) is 2.74. The van der Waals surface area contributed by atoms with Crippen molar-refractivity contribution in [3.63, 3.8) is 0 Å². The second kappa shape index (κ2) is 5.97. The third kappa shape index (κ3) is 3.64. The highest BCUT2D eigenvalue weighted by Crippen LogP contribution is 2.14. The van der Waals surface area contributed by atoms with Crippen LogP contribution in [-0.4, -0.2) is 21.6 Å². The van der Waals surface area contributed by atoms with Crippen LogP contribution in [0.2, 0.25) is 0 Å². The van der Waals surface area contributed by atoms with Crippen LogP contribution in [0.3, 0.4) is 0 Å². The van der Waals surface area contributed by atoms with Crippen molar-refractivity contribution >= 4 is 11.3 Å². The quantitative estimate of drug-likeness (QED) is 0.911. The summed E-state index contributed by atoms with van der Waals surface area (Å²) in [6.45, 7) is 6.43. The second-order valence-electron chi connectivity index (χ2n) is 4.58. The highest BCUT2D eigenvalue weighted by atomic mass is 32.1. The maximum absolute atomic E-state index is 11.5. The fourth-order valence-electron chi connectivity index (χ4n) is 1.62. The van der Waals surface area contributed by atoms with Gasteiger partial charge in [-0.05, 0) is 6.92 Å². The number of aromatic nitrogens is 3. The first-order valence-corrected chi connectivity index (χ1v) is 7.07. The van der Waals surface area contributed by atoms with Gasteiger partial charge in [-0.25, -0.2) is 4.98 Å². The topological polar surface area (TPSA) is 67.9 Å². The molecule has 1 N–H and O–H groups in total. The molecule has 0 unspecified atom stereocenters. The number of hydrogen-bond acceptors (Lipinski definition) is 5. The van der Waals surface area contributed by atoms with Gasteiger partial charge in [0.05, 0.1) is 23.9 Å². The smallest absolute Gasteiger partial charge is 0.254 e. The number of rotatable bonds is 5. The van der Waals surface area contributed by atoms with E-state index in [1.165, 1.54) is 10.9 Å². The summed E-state index contributed by atoms with van der Waals surface area (Å²) in [5, 5.41) is 0. The summed E-state index contributed by atoms with van der Waals surface area (Å²) in [6, 6.07) is 1.38. The van der Waals surface area contributed by atoms with Crippen molar-refractivity contribution in [3.05, 3.63) is 38.3 Å². The van der Waals surface area contributed by atoms with E-state index in [-0.39, 0.29) is 11.5 Å². The zero-order valence-corrected chi connectivity index (χ0v) is 12.1. The number of thiazole rings is 1. The van der Waals surface area contributed by atoms with Crippen molar-refractivity contribution in [1.82, 2.24) is 15.0 Å². The summed E-state index contributed by atoms with van der Waals surface area (Å²) in [5.41, 5.74) is 2.69. The summed E-state index contributed by atoms with van der Waals surface area (Å²) in [6.07, 6.45) is 0.780. The Labute approximate surface area is 115 Å². The van der Waals surface area contributed by atoms with Crippen LogP contribution in [0.1, 0.15) is 36.2 Å². The molecule has 6 heteroatoms. The van der Waals surface area contributed by atoms with Gasteiger partial charge in [-0.2, -0.15) is 4.98 Å². The molecule has 0 aliphatic heterocycles. The molecule has 0 atom stereocenters. The molecule has 0 aliphatic carbocycles. The molecule has 2 rings (SSSR count). The first kappa shape index (κ1) is 13.7. The van der Waals surface area contributed by atoms with E-state index in [0.717, 1.165) is 12.1 Å². The number of H-pyrrole nitrogens is 1. The molecule has 0 radical (unpaired) electrons. The minimum absolute atomic E-state index is 0.167. The number of ether oxygens (including phenoxy) is 1. The van der Waals surface area contributed by atoms with Crippen LogP contribution in [0.15, 0.2) is 16.4 Å². The van der Waals surface area contributed by atoms with Gasteiger partial charge in [-0.1, -0.05) is 13.8 Å². The second-order valence-corrected chi connectivity index (χ2v) is 5.52. The number of nitrogens with one attached hydrogen (secondary N) is 1. The molecule has 0 aliphatic rings.